The van der Waals surface area contributed by atoms with Gasteiger partial charge in [0, 0.05) is 44.3 Å². The zero-order valence-electron chi connectivity index (χ0n) is 34.2. The van der Waals surface area contributed by atoms with Crippen LogP contribution in [-0.4, -0.2) is 30.3 Å². The zero-order valence-corrected chi connectivity index (χ0v) is 35.8. The first-order valence-electron chi connectivity index (χ1n) is 19.8. The van der Waals surface area contributed by atoms with Gasteiger partial charge in [-0.05, 0) is 183 Å². The average molecular weight is 813 g/mol. The van der Waals surface area contributed by atoms with Crippen LogP contribution in [0.1, 0.15) is 56.2 Å². The van der Waals surface area contributed by atoms with Crippen molar-refractivity contribution in [2.75, 3.05) is 0 Å². The third-order valence-corrected chi connectivity index (χ3v) is 11.5. The van der Waals surface area contributed by atoms with Crippen LogP contribution in [0.4, 0.5) is 11.4 Å². The van der Waals surface area contributed by atoms with Gasteiger partial charge in [0.1, 0.15) is 0 Å². The number of aliphatic imine (C=N–C) groups is 2. The van der Waals surface area contributed by atoms with Crippen molar-refractivity contribution < 1.29 is 0 Å². The van der Waals surface area contributed by atoms with Crippen LogP contribution in [0.2, 0.25) is 0 Å². The molecule has 4 aromatic carbocycles. The van der Waals surface area contributed by atoms with Gasteiger partial charge in [0.05, 0.1) is 44.5 Å². The maximum atomic E-state index is 5.49. The van der Waals surface area contributed by atoms with E-state index in [1.165, 1.54) is 27.8 Å². The van der Waals surface area contributed by atoms with Gasteiger partial charge in [0.25, 0.3) is 0 Å². The first-order valence-corrected chi connectivity index (χ1v) is 20.6. The average Bonchev–Trinajstić information content (AvgIpc) is 4.06. The van der Waals surface area contributed by atoms with Gasteiger partial charge in [-0.2, -0.15) is 9.98 Å². The molecule has 0 aliphatic carbocycles. The van der Waals surface area contributed by atoms with Crippen LogP contribution in [0.15, 0.2) is 107 Å². The Labute approximate surface area is 359 Å². The fraction of sp³-hybridized carbons (Fsp3) is 0.115. The first kappa shape index (κ1) is 38.6. The van der Waals surface area contributed by atoms with E-state index in [4.69, 9.17) is 34.4 Å². The van der Waals surface area contributed by atoms with E-state index >= 15 is 0 Å². The molecule has 0 radical (unpaired) electrons. The van der Waals surface area contributed by atoms with Crippen molar-refractivity contribution in [3.05, 3.63) is 153 Å². The Morgan fingerprint density at radius 1 is 0.400 bits per heavy atom. The number of aromatic nitrogens is 4. The molecule has 3 aromatic heterocycles. The topological polar surface area (TPSA) is 82.1 Å². The summed E-state index contributed by atoms with van der Waals surface area (Å²) in [7, 11) is 0. The van der Waals surface area contributed by atoms with E-state index in [0.717, 1.165) is 106 Å². The number of isothiocyanates is 2. The van der Waals surface area contributed by atoms with Gasteiger partial charge >= 0.3 is 0 Å². The summed E-state index contributed by atoms with van der Waals surface area (Å²) in [6, 6.07) is 33.8. The van der Waals surface area contributed by atoms with Gasteiger partial charge in [0.15, 0.2) is 0 Å². The van der Waals surface area contributed by atoms with Crippen molar-refractivity contribution in [2.45, 2.75) is 41.5 Å². The van der Waals surface area contributed by atoms with Crippen LogP contribution < -0.4 is 0 Å². The monoisotopic (exact) mass is 812 g/mol. The largest absolute Gasteiger partial charge is 0.354 e. The molecule has 0 saturated heterocycles. The number of aromatic amines is 2. The van der Waals surface area contributed by atoms with Gasteiger partial charge < -0.3 is 9.97 Å². The Morgan fingerprint density at radius 2 is 0.717 bits per heavy atom. The molecule has 9 rings (SSSR count). The standard InChI is InChI=1S/C52H40N6S2/c1-29-23-31(3)47(32(4)24-29)51-43-19-15-39(55-43)49(35-7-11-37(12-8-35)53-27-59)41-17-21-45(57-41)52(48-33(5)25-30(2)26-34(48)6)46-22-18-42(58-46)50(40-16-20-44(51)56-40)36-9-13-38(14-10-36)54-28-60/h7-26,55-56H,1-6H3. The highest BCUT2D eigenvalue weighted by atomic mass is 32.1. The second-order valence-electron chi connectivity index (χ2n) is 15.5. The molecule has 6 nitrogen and oxygen atoms in total. The summed E-state index contributed by atoms with van der Waals surface area (Å²) in [5.74, 6) is 0. The summed E-state index contributed by atoms with van der Waals surface area (Å²) < 4.78 is 0. The fourth-order valence-electron chi connectivity index (χ4n) is 9.00. The lowest BCUT2D eigenvalue weighted by Gasteiger charge is -2.14. The molecule has 5 heterocycles. The molecule has 60 heavy (non-hydrogen) atoms. The fourth-order valence-corrected chi connectivity index (χ4v) is 9.21. The van der Waals surface area contributed by atoms with Crippen molar-refractivity contribution in [3.8, 4) is 44.5 Å². The van der Waals surface area contributed by atoms with E-state index in [-0.39, 0.29) is 0 Å². The molecule has 0 atom stereocenters. The quantitative estimate of drug-likeness (QED) is 0.129. The SMILES string of the molecule is Cc1cc(C)c(-c2c3nc(c(-c4ccc(N=C=S)cc4)c4ccc([nH]4)c(-c4c(C)cc(C)cc4C)c4ccc([nH]4)c(-c4ccc(N=C=S)cc4)c4nc2C=C4)C=C3)c(C)c1. The Bertz CT molecular complexity index is 3050. The van der Waals surface area contributed by atoms with Crippen molar-refractivity contribution in [2.24, 2.45) is 9.98 Å². The predicted octanol–water partition coefficient (Wildman–Crippen LogP) is 14.6. The molecule has 8 heteroatoms. The molecule has 0 spiro atoms. The van der Waals surface area contributed by atoms with E-state index in [9.17, 15) is 0 Å². The molecule has 0 fully saturated rings. The lowest BCUT2D eigenvalue weighted by molar-refractivity contribution is 1.25. The van der Waals surface area contributed by atoms with Crippen molar-refractivity contribution in [3.63, 3.8) is 0 Å². The number of fused-ring (bicyclic) bond motifs is 8. The number of nitrogens with one attached hydrogen (secondary N) is 2. The summed E-state index contributed by atoms with van der Waals surface area (Å²) in [6.07, 6.45) is 8.48. The number of hydrogen-bond acceptors (Lipinski definition) is 6. The highest BCUT2D eigenvalue weighted by molar-refractivity contribution is 7.78. The molecule has 2 aliphatic heterocycles. The van der Waals surface area contributed by atoms with Gasteiger partial charge in [-0.1, -0.05) is 59.7 Å². The van der Waals surface area contributed by atoms with E-state index in [1.807, 2.05) is 24.3 Å². The van der Waals surface area contributed by atoms with E-state index in [0.29, 0.717) is 0 Å². The number of aryl methyl sites for hydroxylation is 6. The maximum absolute atomic E-state index is 5.49. The molecule has 8 bridgehead atoms. The maximum Gasteiger partial charge on any atom is 0.0739 e. The van der Waals surface area contributed by atoms with Gasteiger partial charge in [-0.15, -0.1) is 0 Å². The van der Waals surface area contributed by atoms with Gasteiger partial charge in [-0.3, -0.25) is 0 Å². The normalized spacial score (nSPS) is 11.7. The highest BCUT2D eigenvalue weighted by Gasteiger charge is 2.22. The highest BCUT2D eigenvalue weighted by Crippen LogP contribution is 2.41. The number of H-pyrrole nitrogens is 2. The van der Waals surface area contributed by atoms with E-state index < -0.39 is 0 Å². The van der Waals surface area contributed by atoms with Crippen LogP contribution in [-0.2, 0) is 0 Å². The Kier molecular flexibility index (Phi) is 10.1. The first-order chi connectivity index (χ1) is 29.1. The summed E-state index contributed by atoms with van der Waals surface area (Å²) in [5.41, 5.74) is 24.0. The molecule has 2 N–H and O–H groups in total. The van der Waals surface area contributed by atoms with Crippen LogP contribution in [0.25, 0.3) is 90.9 Å². The Hall–Kier alpha value is -6.92. The molecule has 7 aromatic rings. The second kappa shape index (κ2) is 15.7. The minimum Gasteiger partial charge on any atom is -0.354 e. The Balaban J connectivity index is 1.49. The minimum absolute atomic E-state index is 0.740. The van der Waals surface area contributed by atoms with Crippen LogP contribution in [0.3, 0.4) is 0 Å². The number of nitrogens with zero attached hydrogens (tertiary/aromatic N) is 4. The summed E-state index contributed by atoms with van der Waals surface area (Å²) in [4.78, 5) is 27.2. The second-order valence-corrected chi connectivity index (χ2v) is 15.9. The third-order valence-electron chi connectivity index (χ3n) is 11.3. The van der Waals surface area contributed by atoms with Crippen LogP contribution in [0.5, 0.6) is 0 Å². The van der Waals surface area contributed by atoms with Crippen molar-refractivity contribution in [1.82, 2.24) is 19.9 Å². The molecular weight excluding hydrogens is 773 g/mol. The summed E-state index contributed by atoms with van der Waals surface area (Å²) in [6.45, 7) is 13.0. The zero-order chi connectivity index (χ0) is 41.7. The summed E-state index contributed by atoms with van der Waals surface area (Å²) >= 11 is 9.84. The van der Waals surface area contributed by atoms with E-state index in [2.05, 4.69) is 169 Å². The molecule has 0 unspecified atom stereocenters. The Morgan fingerprint density at radius 3 is 1.07 bits per heavy atom. The number of hydrogen-bond donors (Lipinski definition) is 2. The van der Waals surface area contributed by atoms with Crippen LogP contribution in [0, 0.1) is 41.5 Å². The van der Waals surface area contributed by atoms with Crippen molar-refractivity contribution in [1.29, 1.82) is 0 Å². The lowest BCUT2D eigenvalue weighted by Crippen LogP contribution is -1.96. The number of rotatable bonds is 6. The van der Waals surface area contributed by atoms with Gasteiger partial charge in [-0.25, -0.2) is 9.97 Å². The molecule has 290 valence electrons. The smallest absolute Gasteiger partial charge is 0.0739 e. The molecular formula is C52H40N6S2. The van der Waals surface area contributed by atoms with Crippen molar-refractivity contribution >= 4 is 92.5 Å². The molecule has 0 amide bonds. The third kappa shape index (κ3) is 7.02. The predicted molar refractivity (Wildman–Crippen MR) is 258 cm³/mol. The lowest BCUT2D eigenvalue weighted by atomic mass is 9.92. The number of benzene rings is 4. The minimum atomic E-state index is 0.740. The molecule has 0 saturated carbocycles. The van der Waals surface area contributed by atoms with Gasteiger partial charge in [0.2, 0.25) is 0 Å². The number of thiocarbonyl (C=S) groups is 2. The summed E-state index contributed by atoms with van der Waals surface area (Å²) in [5, 5.41) is 4.99. The van der Waals surface area contributed by atoms with Crippen LogP contribution >= 0.6 is 24.4 Å². The van der Waals surface area contributed by atoms with E-state index in [1.54, 1.807) is 0 Å². The molecule has 2 aliphatic rings.